The van der Waals surface area contributed by atoms with Crippen LogP contribution in [0.5, 0.6) is 0 Å². The molecule has 0 radical (unpaired) electrons. The number of hydrogen-bond acceptors (Lipinski definition) is 3. The molecule has 3 atom stereocenters. The van der Waals surface area contributed by atoms with Gasteiger partial charge in [-0.2, -0.15) is 0 Å². The smallest absolute Gasteiger partial charge is 0.272 e. The molecule has 0 heterocycles. The first kappa shape index (κ1) is 15.9. The summed E-state index contributed by atoms with van der Waals surface area (Å²) in [4.78, 5) is 10.6. The molecular weight excluding hydrogens is 271 g/mol. The van der Waals surface area contributed by atoms with Gasteiger partial charge in [-0.1, -0.05) is 19.8 Å². The average Bonchev–Trinajstić information content (AvgIpc) is 2.42. The fourth-order valence-corrected chi connectivity index (χ4v) is 3.47. The largest absolute Gasteiger partial charge is 0.327 e. The fourth-order valence-electron chi connectivity index (χ4n) is 3.47. The summed E-state index contributed by atoms with van der Waals surface area (Å²) in [5, 5.41) is 11.1. The molecule has 0 amide bonds. The SMILES string of the molecule is CCCC1CCC(N)C(Cc2cc(F)ccc2[N+](=O)[O-])C1. The second-order valence-corrected chi connectivity index (χ2v) is 6.13. The van der Waals surface area contributed by atoms with Crippen LogP contribution in [0, 0.1) is 27.8 Å². The normalized spacial score (nSPS) is 25.8. The maximum atomic E-state index is 13.4. The van der Waals surface area contributed by atoms with Crippen molar-refractivity contribution in [1.82, 2.24) is 0 Å². The van der Waals surface area contributed by atoms with Gasteiger partial charge in [0, 0.05) is 17.7 Å². The molecule has 4 nitrogen and oxygen atoms in total. The Balaban J connectivity index is 2.15. The number of nitrogens with zero attached hydrogens (tertiary/aromatic N) is 1. The molecule has 0 aliphatic heterocycles. The molecule has 1 aliphatic carbocycles. The van der Waals surface area contributed by atoms with Gasteiger partial charge < -0.3 is 5.73 Å². The van der Waals surface area contributed by atoms with E-state index in [1.165, 1.54) is 18.6 Å². The van der Waals surface area contributed by atoms with E-state index in [0.717, 1.165) is 31.7 Å². The van der Waals surface area contributed by atoms with Crippen molar-refractivity contribution in [2.45, 2.75) is 51.5 Å². The van der Waals surface area contributed by atoms with Gasteiger partial charge in [-0.15, -0.1) is 0 Å². The summed E-state index contributed by atoms with van der Waals surface area (Å²) in [6.07, 6.45) is 5.90. The van der Waals surface area contributed by atoms with Crippen LogP contribution < -0.4 is 5.73 Å². The highest BCUT2D eigenvalue weighted by Gasteiger charge is 2.29. The molecule has 0 saturated heterocycles. The van der Waals surface area contributed by atoms with Crippen molar-refractivity contribution >= 4 is 5.69 Å². The molecule has 21 heavy (non-hydrogen) atoms. The van der Waals surface area contributed by atoms with E-state index in [4.69, 9.17) is 5.73 Å². The zero-order valence-corrected chi connectivity index (χ0v) is 12.4. The Kier molecular flexibility index (Phi) is 5.28. The second-order valence-electron chi connectivity index (χ2n) is 6.13. The Morgan fingerprint density at radius 2 is 2.19 bits per heavy atom. The Bertz CT molecular complexity index is 507. The van der Waals surface area contributed by atoms with E-state index in [9.17, 15) is 14.5 Å². The van der Waals surface area contributed by atoms with Crippen LogP contribution in [0.2, 0.25) is 0 Å². The lowest BCUT2D eigenvalue weighted by molar-refractivity contribution is -0.385. The van der Waals surface area contributed by atoms with Crippen molar-refractivity contribution in [2.75, 3.05) is 0 Å². The third kappa shape index (κ3) is 4.00. The lowest BCUT2D eigenvalue weighted by Gasteiger charge is -2.34. The van der Waals surface area contributed by atoms with Gasteiger partial charge in [-0.05, 0) is 49.7 Å². The van der Waals surface area contributed by atoms with Crippen molar-refractivity contribution in [1.29, 1.82) is 0 Å². The van der Waals surface area contributed by atoms with E-state index in [1.54, 1.807) is 0 Å². The second kappa shape index (κ2) is 6.98. The van der Waals surface area contributed by atoms with Crippen molar-refractivity contribution in [3.8, 4) is 0 Å². The van der Waals surface area contributed by atoms with Crippen LogP contribution in [0.25, 0.3) is 0 Å². The Morgan fingerprint density at radius 3 is 2.86 bits per heavy atom. The molecule has 0 bridgehead atoms. The summed E-state index contributed by atoms with van der Waals surface area (Å²) in [6, 6.07) is 3.74. The van der Waals surface area contributed by atoms with Gasteiger partial charge in [0.15, 0.2) is 0 Å². The zero-order valence-electron chi connectivity index (χ0n) is 12.4. The van der Waals surface area contributed by atoms with Gasteiger partial charge in [0.2, 0.25) is 0 Å². The standard InChI is InChI=1S/C16H23FN2O2/c1-2-3-11-4-6-15(18)12(8-11)9-13-10-14(17)5-7-16(13)19(20)21/h5,7,10-12,15H,2-4,6,8-9,18H2,1H3. The highest BCUT2D eigenvalue weighted by molar-refractivity contribution is 5.40. The van der Waals surface area contributed by atoms with E-state index in [2.05, 4.69) is 6.92 Å². The summed E-state index contributed by atoms with van der Waals surface area (Å²) in [7, 11) is 0. The van der Waals surface area contributed by atoms with Gasteiger partial charge in [0.05, 0.1) is 4.92 Å². The minimum atomic E-state index is -0.438. The molecule has 116 valence electrons. The zero-order chi connectivity index (χ0) is 15.4. The number of hydrogen-bond donors (Lipinski definition) is 1. The first-order chi connectivity index (χ1) is 10.0. The van der Waals surface area contributed by atoms with Crippen LogP contribution >= 0.6 is 0 Å². The molecule has 0 aromatic heterocycles. The minimum absolute atomic E-state index is 0.00112. The molecule has 2 rings (SSSR count). The molecule has 1 fully saturated rings. The minimum Gasteiger partial charge on any atom is -0.327 e. The van der Waals surface area contributed by atoms with Crippen LogP contribution in [0.3, 0.4) is 0 Å². The van der Waals surface area contributed by atoms with E-state index < -0.39 is 10.7 Å². The topological polar surface area (TPSA) is 69.2 Å². The molecule has 0 spiro atoms. The number of nitrogens with two attached hydrogens (primary N) is 1. The highest BCUT2D eigenvalue weighted by atomic mass is 19.1. The van der Waals surface area contributed by atoms with E-state index >= 15 is 0 Å². The summed E-state index contributed by atoms with van der Waals surface area (Å²) >= 11 is 0. The van der Waals surface area contributed by atoms with Crippen LogP contribution in [0.1, 0.15) is 44.6 Å². The van der Waals surface area contributed by atoms with E-state index in [0.29, 0.717) is 17.9 Å². The number of halogens is 1. The van der Waals surface area contributed by atoms with Gasteiger partial charge in [-0.25, -0.2) is 4.39 Å². The van der Waals surface area contributed by atoms with Crippen LogP contribution in [-0.2, 0) is 6.42 Å². The molecule has 3 unspecified atom stereocenters. The Morgan fingerprint density at radius 1 is 1.43 bits per heavy atom. The van der Waals surface area contributed by atoms with Crippen LogP contribution in [-0.4, -0.2) is 11.0 Å². The Hall–Kier alpha value is -1.49. The van der Waals surface area contributed by atoms with Gasteiger partial charge in [0.25, 0.3) is 5.69 Å². The summed E-state index contributed by atoms with van der Waals surface area (Å²) in [5.41, 5.74) is 6.66. The third-order valence-electron chi connectivity index (χ3n) is 4.57. The molecule has 5 heteroatoms. The maximum absolute atomic E-state index is 13.4. The van der Waals surface area contributed by atoms with E-state index in [1.807, 2.05) is 0 Å². The third-order valence-corrected chi connectivity index (χ3v) is 4.57. The van der Waals surface area contributed by atoms with Crippen molar-refractivity contribution in [3.63, 3.8) is 0 Å². The van der Waals surface area contributed by atoms with Crippen LogP contribution in [0.15, 0.2) is 18.2 Å². The first-order valence-electron chi connectivity index (χ1n) is 7.69. The quantitative estimate of drug-likeness (QED) is 0.663. The van der Waals surface area contributed by atoms with Gasteiger partial charge in [-0.3, -0.25) is 10.1 Å². The van der Waals surface area contributed by atoms with Crippen molar-refractivity contribution in [3.05, 3.63) is 39.7 Å². The molecule has 1 saturated carbocycles. The number of benzene rings is 1. The van der Waals surface area contributed by atoms with Crippen molar-refractivity contribution in [2.24, 2.45) is 17.6 Å². The van der Waals surface area contributed by atoms with Gasteiger partial charge >= 0.3 is 0 Å². The number of nitro benzene ring substituents is 1. The molecule has 2 N–H and O–H groups in total. The molecular formula is C16H23FN2O2. The summed E-state index contributed by atoms with van der Waals surface area (Å²) in [6.45, 7) is 2.17. The average molecular weight is 294 g/mol. The first-order valence-corrected chi connectivity index (χ1v) is 7.69. The van der Waals surface area contributed by atoms with E-state index in [-0.39, 0.29) is 17.6 Å². The summed E-state index contributed by atoms with van der Waals surface area (Å²) < 4.78 is 13.4. The van der Waals surface area contributed by atoms with Crippen LogP contribution in [0.4, 0.5) is 10.1 Å². The summed E-state index contributed by atoms with van der Waals surface area (Å²) in [5.74, 6) is 0.424. The number of nitro groups is 1. The monoisotopic (exact) mass is 294 g/mol. The Labute approximate surface area is 124 Å². The number of rotatable bonds is 5. The molecule has 1 aromatic carbocycles. The highest BCUT2D eigenvalue weighted by Crippen LogP contribution is 2.35. The lowest BCUT2D eigenvalue weighted by Crippen LogP contribution is -2.37. The molecule has 1 aromatic rings. The predicted molar refractivity (Wildman–Crippen MR) is 80.5 cm³/mol. The lowest BCUT2D eigenvalue weighted by atomic mass is 9.74. The van der Waals surface area contributed by atoms with Gasteiger partial charge in [0.1, 0.15) is 5.82 Å². The predicted octanol–water partition coefficient (Wildman–Crippen LogP) is 3.82. The fraction of sp³-hybridized carbons (Fsp3) is 0.625. The maximum Gasteiger partial charge on any atom is 0.272 e. The molecule has 1 aliphatic rings. The van der Waals surface area contributed by atoms with Crippen molar-refractivity contribution < 1.29 is 9.31 Å².